The molecule has 0 radical (unpaired) electrons. The van der Waals surface area contributed by atoms with Gasteiger partial charge in [0.1, 0.15) is 23.6 Å². The highest BCUT2D eigenvalue weighted by atomic mass is 19.1. The fourth-order valence-electron chi connectivity index (χ4n) is 1.92. The molecular weight excluding hydrogens is 253 g/mol. The van der Waals surface area contributed by atoms with Gasteiger partial charge in [0.25, 0.3) is 0 Å². The molecule has 2 aromatic rings. The molecule has 19 heavy (non-hydrogen) atoms. The number of hydrogen-bond acceptors (Lipinski definition) is 1. The first-order valence-corrected chi connectivity index (χ1v) is 5.80. The molecule has 1 N–H and O–H groups in total. The van der Waals surface area contributed by atoms with Crippen molar-refractivity contribution in [2.75, 3.05) is 0 Å². The quantitative estimate of drug-likeness (QED) is 0.876. The number of aryl methyl sites for hydroxylation is 2. The molecule has 0 aliphatic rings. The van der Waals surface area contributed by atoms with E-state index >= 15 is 0 Å². The summed E-state index contributed by atoms with van der Waals surface area (Å²) in [5.41, 5.74) is 1.74. The first kappa shape index (κ1) is 13.6. The van der Waals surface area contributed by atoms with E-state index in [1.807, 2.05) is 13.8 Å². The normalized spacial score (nSPS) is 12.5. The largest absolute Gasteiger partial charge is 0.383 e. The highest BCUT2D eigenvalue weighted by Crippen LogP contribution is 2.28. The van der Waals surface area contributed by atoms with Gasteiger partial charge < -0.3 is 5.11 Å². The van der Waals surface area contributed by atoms with Gasteiger partial charge in [0.05, 0.1) is 5.56 Å². The molecule has 0 aliphatic heterocycles. The summed E-state index contributed by atoms with van der Waals surface area (Å²) in [5, 5.41) is 10.1. The molecule has 0 fully saturated rings. The molecular formula is C15H13F3O. The second-order valence-electron chi connectivity index (χ2n) is 4.53. The van der Waals surface area contributed by atoms with Crippen LogP contribution in [0.5, 0.6) is 0 Å². The predicted octanol–water partition coefficient (Wildman–Crippen LogP) is 3.80. The fraction of sp³-hybridized carbons (Fsp3) is 0.200. The van der Waals surface area contributed by atoms with Gasteiger partial charge in [-0.2, -0.15) is 0 Å². The van der Waals surface area contributed by atoms with Gasteiger partial charge in [-0.3, -0.25) is 0 Å². The maximum Gasteiger partial charge on any atom is 0.135 e. The van der Waals surface area contributed by atoms with Gasteiger partial charge in [0, 0.05) is 12.1 Å². The molecule has 0 spiro atoms. The smallest absolute Gasteiger partial charge is 0.135 e. The van der Waals surface area contributed by atoms with Crippen LogP contribution in [-0.2, 0) is 0 Å². The molecule has 0 aliphatic carbocycles. The van der Waals surface area contributed by atoms with Gasteiger partial charge in [0.15, 0.2) is 0 Å². The number of aliphatic hydroxyl groups is 1. The van der Waals surface area contributed by atoms with E-state index < -0.39 is 29.1 Å². The summed E-state index contributed by atoms with van der Waals surface area (Å²) in [6.07, 6.45) is -1.46. The lowest BCUT2D eigenvalue weighted by Gasteiger charge is -2.15. The van der Waals surface area contributed by atoms with Crippen LogP contribution in [0.4, 0.5) is 13.2 Å². The monoisotopic (exact) mass is 266 g/mol. The van der Waals surface area contributed by atoms with Gasteiger partial charge in [-0.1, -0.05) is 18.2 Å². The molecule has 100 valence electrons. The summed E-state index contributed by atoms with van der Waals surface area (Å²) in [4.78, 5) is 0. The van der Waals surface area contributed by atoms with Crippen LogP contribution in [0.3, 0.4) is 0 Å². The van der Waals surface area contributed by atoms with Crippen LogP contribution in [0.15, 0.2) is 30.3 Å². The molecule has 4 heteroatoms. The van der Waals surface area contributed by atoms with Crippen molar-refractivity contribution in [2.45, 2.75) is 20.0 Å². The zero-order valence-corrected chi connectivity index (χ0v) is 10.5. The second-order valence-corrected chi connectivity index (χ2v) is 4.53. The van der Waals surface area contributed by atoms with E-state index in [0.717, 1.165) is 11.1 Å². The van der Waals surface area contributed by atoms with Crippen molar-refractivity contribution in [3.8, 4) is 0 Å². The first-order chi connectivity index (χ1) is 8.90. The third-order valence-electron chi connectivity index (χ3n) is 3.16. The minimum absolute atomic E-state index is 0.368. The Labute approximate surface area is 109 Å². The van der Waals surface area contributed by atoms with Gasteiger partial charge in [-0.05, 0) is 30.5 Å². The Balaban J connectivity index is 2.49. The summed E-state index contributed by atoms with van der Waals surface area (Å²) in [6, 6.07) is 6.12. The lowest BCUT2D eigenvalue weighted by molar-refractivity contribution is 0.208. The molecule has 0 heterocycles. The first-order valence-electron chi connectivity index (χ1n) is 5.80. The lowest BCUT2D eigenvalue weighted by Crippen LogP contribution is -2.07. The van der Waals surface area contributed by atoms with Crippen molar-refractivity contribution >= 4 is 0 Å². The van der Waals surface area contributed by atoms with Crippen molar-refractivity contribution in [1.82, 2.24) is 0 Å². The van der Waals surface area contributed by atoms with Gasteiger partial charge in [0.2, 0.25) is 0 Å². The molecule has 1 nitrogen and oxygen atoms in total. The highest BCUT2D eigenvalue weighted by molar-refractivity contribution is 5.37. The number of aliphatic hydroxyl groups excluding tert-OH is 1. The zero-order chi connectivity index (χ0) is 14.2. The van der Waals surface area contributed by atoms with Crippen LogP contribution in [0.2, 0.25) is 0 Å². The minimum atomic E-state index is -1.46. The van der Waals surface area contributed by atoms with E-state index in [9.17, 15) is 18.3 Å². The van der Waals surface area contributed by atoms with Crippen LogP contribution in [0.25, 0.3) is 0 Å². The van der Waals surface area contributed by atoms with Crippen LogP contribution >= 0.6 is 0 Å². The van der Waals surface area contributed by atoms with E-state index in [1.54, 1.807) is 18.2 Å². The summed E-state index contributed by atoms with van der Waals surface area (Å²) >= 11 is 0. The molecule has 2 aromatic carbocycles. The van der Waals surface area contributed by atoms with Crippen molar-refractivity contribution in [1.29, 1.82) is 0 Å². The Morgan fingerprint density at radius 1 is 0.895 bits per heavy atom. The maximum absolute atomic E-state index is 13.6. The van der Waals surface area contributed by atoms with Crippen molar-refractivity contribution in [3.63, 3.8) is 0 Å². The van der Waals surface area contributed by atoms with Crippen LogP contribution < -0.4 is 0 Å². The molecule has 0 amide bonds. The molecule has 0 bridgehead atoms. The Bertz CT molecular complexity index is 600. The SMILES string of the molecule is Cc1ccc(C(O)c2c(F)cc(F)cc2F)cc1C. The fourth-order valence-corrected chi connectivity index (χ4v) is 1.92. The van der Waals surface area contributed by atoms with E-state index in [-0.39, 0.29) is 0 Å². The van der Waals surface area contributed by atoms with E-state index in [0.29, 0.717) is 17.7 Å². The Hall–Kier alpha value is -1.81. The lowest BCUT2D eigenvalue weighted by atomic mass is 9.97. The van der Waals surface area contributed by atoms with E-state index in [2.05, 4.69) is 0 Å². The summed E-state index contributed by atoms with van der Waals surface area (Å²) in [5.74, 6) is -3.20. The number of halogens is 3. The second kappa shape index (κ2) is 5.05. The molecule has 0 aromatic heterocycles. The van der Waals surface area contributed by atoms with Crippen molar-refractivity contribution < 1.29 is 18.3 Å². The molecule has 2 rings (SSSR count). The highest BCUT2D eigenvalue weighted by Gasteiger charge is 2.21. The number of benzene rings is 2. The Kier molecular flexibility index (Phi) is 3.62. The van der Waals surface area contributed by atoms with Gasteiger partial charge in [-0.25, -0.2) is 13.2 Å². The van der Waals surface area contributed by atoms with E-state index in [1.165, 1.54) is 0 Å². The van der Waals surface area contributed by atoms with Gasteiger partial charge in [-0.15, -0.1) is 0 Å². The maximum atomic E-state index is 13.6. The third kappa shape index (κ3) is 2.63. The van der Waals surface area contributed by atoms with Crippen molar-refractivity contribution in [2.24, 2.45) is 0 Å². The van der Waals surface area contributed by atoms with Crippen LogP contribution in [-0.4, -0.2) is 5.11 Å². The van der Waals surface area contributed by atoms with E-state index in [4.69, 9.17) is 0 Å². The van der Waals surface area contributed by atoms with Gasteiger partial charge >= 0.3 is 0 Å². The Morgan fingerprint density at radius 3 is 2.00 bits per heavy atom. The summed E-state index contributed by atoms with van der Waals surface area (Å²) in [7, 11) is 0. The van der Waals surface area contributed by atoms with Crippen molar-refractivity contribution in [3.05, 3.63) is 70.0 Å². The standard InChI is InChI=1S/C15H13F3O/c1-8-3-4-10(5-9(8)2)15(19)14-12(17)6-11(16)7-13(14)18/h3-7,15,19H,1-2H3. The number of rotatable bonds is 2. The average Bonchev–Trinajstić information content (AvgIpc) is 2.31. The Morgan fingerprint density at radius 2 is 1.47 bits per heavy atom. The van der Waals surface area contributed by atoms with Crippen LogP contribution in [0.1, 0.15) is 28.4 Å². The average molecular weight is 266 g/mol. The zero-order valence-electron chi connectivity index (χ0n) is 10.5. The van der Waals surface area contributed by atoms with Crippen LogP contribution in [0, 0.1) is 31.3 Å². The molecule has 0 saturated carbocycles. The number of hydrogen-bond donors (Lipinski definition) is 1. The molecule has 1 unspecified atom stereocenters. The predicted molar refractivity (Wildman–Crippen MR) is 66.3 cm³/mol. The topological polar surface area (TPSA) is 20.2 Å². The summed E-state index contributed by atoms with van der Waals surface area (Å²) < 4.78 is 40.0. The third-order valence-corrected chi connectivity index (χ3v) is 3.16. The molecule has 1 atom stereocenters. The summed E-state index contributed by atoms with van der Waals surface area (Å²) in [6.45, 7) is 3.73. The minimum Gasteiger partial charge on any atom is -0.383 e. The molecule has 0 saturated heterocycles.